The number of carbonyl (C=O) groups is 1. The van der Waals surface area contributed by atoms with Crippen molar-refractivity contribution >= 4 is 5.78 Å². The Morgan fingerprint density at radius 2 is 1.52 bits per heavy atom. The molecule has 0 amide bonds. The molecule has 2 aromatic rings. The molecule has 0 aromatic heterocycles. The second-order valence-electron chi connectivity index (χ2n) is 7.32. The van der Waals surface area contributed by atoms with Crippen molar-refractivity contribution in [2.24, 2.45) is 0 Å². The van der Waals surface area contributed by atoms with Gasteiger partial charge in [-0.05, 0) is 57.6 Å². The highest BCUT2D eigenvalue weighted by Crippen LogP contribution is 2.17. The van der Waals surface area contributed by atoms with Gasteiger partial charge in [0.2, 0.25) is 0 Å². The highest BCUT2D eigenvalue weighted by molar-refractivity contribution is 6.08. The second-order valence-corrected chi connectivity index (χ2v) is 7.32. The molecular formula is C24H33NO2. The smallest absolute Gasteiger partial charge is 0.193 e. The first-order valence-corrected chi connectivity index (χ1v) is 10.1. The SMILES string of the molecule is CCCCCC(CCCOc1ccc(C(=O)c2ccccc2)cc1)N(C)C. The molecule has 3 heteroatoms. The van der Waals surface area contributed by atoms with Crippen molar-refractivity contribution in [1.82, 2.24) is 4.90 Å². The van der Waals surface area contributed by atoms with Gasteiger partial charge in [0.15, 0.2) is 5.78 Å². The maximum Gasteiger partial charge on any atom is 0.193 e. The van der Waals surface area contributed by atoms with Crippen LogP contribution in [0.4, 0.5) is 0 Å². The molecule has 146 valence electrons. The number of hydrogen-bond donors (Lipinski definition) is 0. The fourth-order valence-electron chi connectivity index (χ4n) is 3.26. The van der Waals surface area contributed by atoms with Crippen LogP contribution in [-0.4, -0.2) is 37.4 Å². The van der Waals surface area contributed by atoms with Crippen LogP contribution in [0, 0.1) is 0 Å². The van der Waals surface area contributed by atoms with E-state index in [1.165, 1.54) is 25.7 Å². The Hall–Kier alpha value is -2.13. The zero-order valence-corrected chi connectivity index (χ0v) is 17.0. The van der Waals surface area contributed by atoms with E-state index in [1.807, 2.05) is 54.6 Å². The summed E-state index contributed by atoms with van der Waals surface area (Å²) < 4.78 is 5.87. The standard InChI is InChI=1S/C24H33NO2/c1-4-5-7-13-22(25(2)3)14-10-19-27-23-17-15-21(16-18-23)24(26)20-11-8-6-9-12-20/h6,8-9,11-12,15-18,22H,4-5,7,10,13-14,19H2,1-3H3. The minimum atomic E-state index is 0.0445. The largest absolute Gasteiger partial charge is 0.494 e. The number of rotatable bonds is 12. The first-order chi connectivity index (χ1) is 13.1. The van der Waals surface area contributed by atoms with Gasteiger partial charge in [-0.15, -0.1) is 0 Å². The number of benzene rings is 2. The lowest BCUT2D eigenvalue weighted by molar-refractivity contribution is 0.103. The zero-order chi connectivity index (χ0) is 19.5. The first kappa shape index (κ1) is 21.2. The lowest BCUT2D eigenvalue weighted by Gasteiger charge is -2.24. The summed E-state index contributed by atoms with van der Waals surface area (Å²) >= 11 is 0. The summed E-state index contributed by atoms with van der Waals surface area (Å²) in [6, 6.07) is 17.5. The average Bonchev–Trinajstić information content (AvgIpc) is 2.70. The monoisotopic (exact) mass is 367 g/mol. The van der Waals surface area contributed by atoms with Gasteiger partial charge in [0.25, 0.3) is 0 Å². The molecule has 0 aliphatic carbocycles. The maximum absolute atomic E-state index is 12.4. The molecule has 0 spiro atoms. The summed E-state index contributed by atoms with van der Waals surface area (Å²) in [5.74, 6) is 0.870. The maximum atomic E-state index is 12.4. The Balaban J connectivity index is 1.77. The van der Waals surface area contributed by atoms with Gasteiger partial charge < -0.3 is 9.64 Å². The summed E-state index contributed by atoms with van der Waals surface area (Å²) in [7, 11) is 4.33. The van der Waals surface area contributed by atoms with Crippen LogP contribution in [0.15, 0.2) is 54.6 Å². The van der Waals surface area contributed by atoms with Gasteiger partial charge in [-0.3, -0.25) is 4.79 Å². The predicted molar refractivity (Wildman–Crippen MR) is 113 cm³/mol. The lowest BCUT2D eigenvalue weighted by atomic mass is 10.0. The Morgan fingerprint density at radius 3 is 2.15 bits per heavy atom. The number of unbranched alkanes of at least 4 members (excludes halogenated alkanes) is 2. The van der Waals surface area contributed by atoms with Crippen molar-refractivity contribution in [3.05, 3.63) is 65.7 Å². The number of nitrogens with zero attached hydrogens (tertiary/aromatic N) is 1. The molecule has 0 saturated carbocycles. The molecule has 3 nitrogen and oxygen atoms in total. The average molecular weight is 368 g/mol. The number of ether oxygens (including phenoxy) is 1. The summed E-state index contributed by atoms with van der Waals surface area (Å²) in [6.07, 6.45) is 7.34. The highest BCUT2D eigenvalue weighted by Gasteiger charge is 2.11. The predicted octanol–water partition coefficient (Wildman–Crippen LogP) is 5.59. The molecule has 1 unspecified atom stereocenters. The Kier molecular flexibility index (Phi) is 9.06. The third-order valence-corrected chi connectivity index (χ3v) is 4.97. The molecule has 0 bridgehead atoms. The minimum Gasteiger partial charge on any atom is -0.494 e. The zero-order valence-electron chi connectivity index (χ0n) is 17.0. The fraction of sp³-hybridized carbons (Fsp3) is 0.458. The second kappa shape index (κ2) is 11.6. The van der Waals surface area contributed by atoms with Crippen LogP contribution in [0.25, 0.3) is 0 Å². The molecule has 0 aliphatic heterocycles. The molecule has 0 N–H and O–H groups in total. The Bertz CT molecular complexity index is 665. The van der Waals surface area contributed by atoms with Gasteiger partial charge >= 0.3 is 0 Å². The van der Waals surface area contributed by atoms with Crippen molar-refractivity contribution in [3.8, 4) is 5.75 Å². The van der Waals surface area contributed by atoms with Crippen LogP contribution in [-0.2, 0) is 0 Å². The number of hydrogen-bond acceptors (Lipinski definition) is 3. The van der Waals surface area contributed by atoms with Gasteiger partial charge in [-0.1, -0.05) is 56.5 Å². The first-order valence-electron chi connectivity index (χ1n) is 10.1. The molecular weight excluding hydrogens is 334 g/mol. The molecule has 0 saturated heterocycles. The Morgan fingerprint density at radius 1 is 0.889 bits per heavy atom. The summed E-state index contributed by atoms with van der Waals surface area (Å²) in [5, 5.41) is 0. The third kappa shape index (κ3) is 7.18. The van der Waals surface area contributed by atoms with Crippen LogP contribution in [0.2, 0.25) is 0 Å². The summed E-state index contributed by atoms with van der Waals surface area (Å²) in [6.45, 7) is 2.96. The van der Waals surface area contributed by atoms with Crippen LogP contribution in [0.5, 0.6) is 5.75 Å². The highest BCUT2D eigenvalue weighted by atomic mass is 16.5. The van der Waals surface area contributed by atoms with E-state index in [0.29, 0.717) is 23.8 Å². The van der Waals surface area contributed by atoms with Crippen molar-refractivity contribution in [2.75, 3.05) is 20.7 Å². The van der Waals surface area contributed by atoms with Gasteiger partial charge in [0, 0.05) is 17.2 Å². The van der Waals surface area contributed by atoms with E-state index in [4.69, 9.17) is 4.74 Å². The van der Waals surface area contributed by atoms with Crippen LogP contribution < -0.4 is 4.74 Å². The van der Waals surface area contributed by atoms with Crippen molar-refractivity contribution < 1.29 is 9.53 Å². The molecule has 27 heavy (non-hydrogen) atoms. The van der Waals surface area contributed by atoms with E-state index in [0.717, 1.165) is 18.6 Å². The molecule has 0 heterocycles. The van der Waals surface area contributed by atoms with Gasteiger partial charge in [0.1, 0.15) is 5.75 Å². The molecule has 0 radical (unpaired) electrons. The van der Waals surface area contributed by atoms with Crippen LogP contribution >= 0.6 is 0 Å². The van der Waals surface area contributed by atoms with Crippen LogP contribution in [0.1, 0.15) is 61.4 Å². The van der Waals surface area contributed by atoms with Crippen molar-refractivity contribution in [1.29, 1.82) is 0 Å². The van der Waals surface area contributed by atoms with E-state index >= 15 is 0 Å². The van der Waals surface area contributed by atoms with Gasteiger partial charge in [-0.2, -0.15) is 0 Å². The quantitative estimate of drug-likeness (QED) is 0.362. The van der Waals surface area contributed by atoms with Crippen molar-refractivity contribution in [3.63, 3.8) is 0 Å². The molecule has 1 atom stereocenters. The lowest BCUT2D eigenvalue weighted by Crippen LogP contribution is -2.28. The van der Waals surface area contributed by atoms with Gasteiger partial charge in [-0.25, -0.2) is 0 Å². The fourth-order valence-corrected chi connectivity index (χ4v) is 3.26. The molecule has 0 aliphatic rings. The topological polar surface area (TPSA) is 29.5 Å². The Labute approximate surface area is 164 Å². The van der Waals surface area contributed by atoms with E-state index in [1.54, 1.807) is 0 Å². The van der Waals surface area contributed by atoms with Crippen molar-refractivity contribution in [2.45, 2.75) is 51.5 Å². The van der Waals surface area contributed by atoms with E-state index < -0.39 is 0 Å². The minimum absolute atomic E-state index is 0.0445. The third-order valence-electron chi connectivity index (χ3n) is 4.97. The van der Waals surface area contributed by atoms with E-state index in [-0.39, 0.29) is 5.78 Å². The summed E-state index contributed by atoms with van der Waals surface area (Å²) in [5.41, 5.74) is 1.40. The molecule has 2 rings (SSSR count). The molecule has 2 aromatic carbocycles. The van der Waals surface area contributed by atoms with Crippen LogP contribution in [0.3, 0.4) is 0 Å². The normalized spacial score (nSPS) is 12.1. The van der Waals surface area contributed by atoms with E-state index in [2.05, 4.69) is 25.9 Å². The summed E-state index contributed by atoms with van der Waals surface area (Å²) in [4.78, 5) is 14.8. The molecule has 0 fully saturated rings. The number of ketones is 1. The number of carbonyl (C=O) groups excluding carboxylic acids is 1. The van der Waals surface area contributed by atoms with Gasteiger partial charge in [0.05, 0.1) is 6.61 Å². The van der Waals surface area contributed by atoms with E-state index in [9.17, 15) is 4.79 Å².